The van der Waals surface area contributed by atoms with Crippen LogP contribution in [0.4, 0.5) is 0 Å². The van der Waals surface area contributed by atoms with Gasteiger partial charge >= 0.3 is 7.12 Å². The number of pyridine rings is 1. The van der Waals surface area contributed by atoms with Gasteiger partial charge in [0.2, 0.25) is 5.91 Å². The van der Waals surface area contributed by atoms with Crippen molar-refractivity contribution in [2.24, 2.45) is 5.92 Å². The summed E-state index contributed by atoms with van der Waals surface area (Å²) >= 11 is 0. The Balaban J connectivity index is 2.13. The molecule has 0 bridgehead atoms. The number of hydrogen-bond donors (Lipinski definition) is 5. The molecule has 1 aromatic heterocycles. The Morgan fingerprint density at radius 1 is 1.07 bits per heavy atom. The quantitative estimate of drug-likeness (QED) is 0.413. The largest absolute Gasteiger partial charge is 0.475 e. The van der Waals surface area contributed by atoms with E-state index in [4.69, 9.17) is 0 Å². The number of hydrogen-bond acceptors (Lipinski definition) is 6. The lowest BCUT2D eigenvalue weighted by Crippen LogP contribution is -2.57. The molecule has 9 heteroatoms. The summed E-state index contributed by atoms with van der Waals surface area (Å²) in [6.07, 6.45) is -0.865. The minimum Gasteiger partial charge on any atom is -0.426 e. The minimum absolute atomic E-state index is 0.105. The van der Waals surface area contributed by atoms with Crippen molar-refractivity contribution in [2.45, 2.75) is 45.3 Å². The van der Waals surface area contributed by atoms with E-state index in [1.165, 1.54) is 13.0 Å². The Kier molecular flexibility index (Phi) is 7.50. The molecule has 3 atom stereocenters. The summed E-state index contributed by atoms with van der Waals surface area (Å²) in [5.74, 6) is -2.13. The monoisotopic (exact) mass is 387 g/mol. The van der Waals surface area contributed by atoms with Gasteiger partial charge in [0.1, 0.15) is 11.7 Å². The molecular formula is C19H26BN3O5. The van der Waals surface area contributed by atoms with E-state index in [0.29, 0.717) is 11.9 Å². The first-order valence-electron chi connectivity index (χ1n) is 9.20. The average molecular weight is 387 g/mol. The highest BCUT2D eigenvalue weighted by molar-refractivity contribution is 6.43. The minimum atomic E-state index is -1.75. The molecule has 1 heterocycles. The van der Waals surface area contributed by atoms with Gasteiger partial charge < -0.3 is 25.8 Å². The van der Waals surface area contributed by atoms with E-state index in [1.807, 2.05) is 26.0 Å². The molecule has 5 N–H and O–H groups in total. The summed E-state index contributed by atoms with van der Waals surface area (Å²) in [7, 11) is -1.75. The molecule has 150 valence electrons. The van der Waals surface area contributed by atoms with Gasteiger partial charge in [-0.15, -0.1) is 0 Å². The first kappa shape index (κ1) is 21.8. The number of amides is 2. The standard InChI is InChI=1S/C19H26BN3O5/c1-11(2)10-16(20(27)28)22-19(26)17(12(3)24)23-18(25)15-9-8-13-6-4-5-7-14(13)21-15/h4-9,11-12,16-17,24,27-28H,10H2,1-3H3,(H,22,26)(H,23,25)/t12-,16+,17+/m1/s1. The fraction of sp³-hybridized carbons (Fsp3) is 0.421. The number of aliphatic hydroxyl groups is 1. The number of aliphatic hydroxyl groups excluding tert-OH is 1. The van der Waals surface area contributed by atoms with E-state index >= 15 is 0 Å². The van der Waals surface area contributed by atoms with Gasteiger partial charge in [0.15, 0.2) is 0 Å². The van der Waals surface area contributed by atoms with Gasteiger partial charge in [0.05, 0.1) is 17.6 Å². The van der Waals surface area contributed by atoms with Gasteiger partial charge in [-0.1, -0.05) is 38.1 Å². The molecule has 2 amide bonds. The molecule has 1 aromatic carbocycles. The lowest BCUT2D eigenvalue weighted by molar-refractivity contribution is -0.125. The molecule has 0 unspecified atom stereocenters. The van der Waals surface area contributed by atoms with Crippen LogP contribution in [-0.4, -0.2) is 57.2 Å². The SMILES string of the molecule is CC(C)C[C@H](NC(=O)[C@@H](NC(=O)c1ccc2ccccc2n1)[C@@H](C)O)B(O)O. The fourth-order valence-electron chi connectivity index (χ4n) is 2.85. The highest BCUT2D eigenvalue weighted by Crippen LogP contribution is 2.12. The molecule has 2 aromatic rings. The number of nitrogens with one attached hydrogen (secondary N) is 2. The van der Waals surface area contributed by atoms with Crippen LogP contribution in [0.5, 0.6) is 0 Å². The third-order valence-corrected chi connectivity index (χ3v) is 4.30. The summed E-state index contributed by atoms with van der Waals surface area (Å²) in [5, 5.41) is 34.7. The van der Waals surface area contributed by atoms with E-state index in [0.717, 1.165) is 5.39 Å². The van der Waals surface area contributed by atoms with Gasteiger partial charge in [0, 0.05) is 5.39 Å². The second kappa shape index (κ2) is 9.63. The molecular weight excluding hydrogens is 361 g/mol. The van der Waals surface area contributed by atoms with Crippen LogP contribution in [0.25, 0.3) is 10.9 Å². The van der Waals surface area contributed by atoms with Crippen LogP contribution in [0.1, 0.15) is 37.7 Å². The van der Waals surface area contributed by atoms with Crippen LogP contribution in [0.15, 0.2) is 36.4 Å². The molecule has 0 radical (unpaired) electrons. The van der Waals surface area contributed by atoms with E-state index < -0.39 is 37.0 Å². The Labute approximate surface area is 164 Å². The van der Waals surface area contributed by atoms with Crippen molar-refractivity contribution in [3.05, 3.63) is 42.1 Å². The van der Waals surface area contributed by atoms with E-state index in [1.54, 1.807) is 18.2 Å². The van der Waals surface area contributed by atoms with Crippen LogP contribution in [-0.2, 0) is 4.79 Å². The maximum atomic E-state index is 12.5. The zero-order valence-corrected chi connectivity index (χ0v) is 16.2. The first-order valence-corrected chi connectivity index (χ1v) is 9.20. The molecule has 0 saturated carbocycles. The van der Waals surface area contributed by atoms with Crippen molar-refractivity contribution in [3.63, 3.8) is 0 Å². The van der Waals surface area contributed by atoms with Crippen LogP contribution in [0.3, 0.4) is 0 Å². The summed E-state index contributed by atoms with van der Waals surface area (Å²) in [6, 6.07) is 9.31. The number of carbonyl (C=O) groups is 2. The number of rotatable bonds is 8. The second-order valence-corrected chi connectivity index (χ2v) is 7.24. The number of carbonyl (C=O) groups excluding carboxylic acids is 2. The second-order valence-electron chi connectivity index (χ2n) is 7.24. The summed E-state index contributed by atoms with van der Waals surface area (Å²) < 4.78 is 0. The van der Waals surface area contributed by atoms with Crippen LogP contribution in [0, 0.1) is 5.92 Å². The van der Waals surface area contributed by atoms with Crippen LogP contribution < -0.4 is 10.6 Å². The van der Waals surface area contributed by atoms with Gasteiger partial charge in [-0.3, -0.25) is 9.59 Å². The van der Waals surface area contributed by atoms with Crippen molar-refractivity contribution in [1.29, 1.82) is 0 Å². The van der Waals surface area contributed by atoms with Gasteiger partial charge in [-0.25, -0.2) is 4.98 Å². The zero-order valence-electron chi connectivity index (χ0n) is 16.2. The first-order chi connectivity index (χ1) is 13.2. The molecule has 0 aliphatic rings. The number of aromatic nitrogens is 1. The van der Waals surface area contributed by atoms with Crippen molar-refractivity contribution in [2.75, 3.05) is 0 Å². The molecule has 8 nitrogen and oxygen atoms in total. The topological polar surface area (TPSA) is 132 Å². The summed E-state index contributed by atoms with van der Waals surface area (Å²) in [4.78, 5) is 29.3. The van der Waals surface area contributed by atoms with Crippen molar-refractivity contribution < 1.29 is 24.7 Å². The normalized spacial score (nSPS) is 14.4. The Bertz CT molecular complexity index is 828. The van der Waals surface area contributed by atoms with Crippen molar-refractivity contribution >= 4 is 29.8 Å². The highest BCUT2D eigenvalue weighted by Gasteiger charge is 2.32. The lowest BCUT2D eigenvalue weighted by Gasteiger charge is -2.25. The molecule has 0 aliphatic carbocycles. The van der Waals surface area contributed by atoms with Crippen molar-refractivity contribution in [3.8, 4) is 0 Å². The molecule has 2 rings (SSSR count). The number of nitrogens with zero attached hydrogens (tertiary/aromatic N) is 1. The Hall–Kier alpha value is -2.49. The van der Waals surface area contributed by atoms with Crippen molar-refractivity contribution in [1.82, 2.24) is 15.6 Å². The van der Waals surface area contributed by atoms with Gasteiger partial charge in [0.25, 0.3) is 5.91 Å². The predicted octanol–water partition coefficient (Wildman–Crippen LogP) is 0.257. The van der Waals surface area contributed by atoms with E-state index in [9.17, 15) is 24.7 Å². The van der Waals surface area contributed by atoms with Crippen LogP contribution in [0.2, 0.25) is 0 Å². The number of para-hydroxylation sites is 1. The Morgan fingerprint density at radius 3 is 2.36 bits per heavy atom. The smallest absolute Gasteiger partial charge is 0.426 e. The van der Waals surface area contributed by atoms with E-state index in [2.05, 4.69) is 15.6 Å². The van der Waals surface area contributed by atoms with Gasteiger partial charge in [-0.2, -0.15) is 0 Å². The molecule has 0 aliphatic heterocycles. The molecule has 0 fully saturated rings. The summed E-state index contributed by atoms with van der Waals surface area (Å²) in [6.45, 7) is 5.12. The number of fused-ring (bicyclic) bond motifs is 1. The molecule has 0 spiro atoms. The third-order valence-electron chi connectivity index (χ3n) is 4.30. The molecule has 0 saturated heterocycles. The number of benzene rings is 1. The van der Waals surface area contributed by atoms with Gasteiger partial charge in [-0.05, 0) is 31.4 Å². The lowest BCUT2D eigenvalue weighted by atomic mass is 9.75. The summed E-state index contributed by atoms with van der Waals surface area (Å²) in [5.41, 5.74) is 0.742. The fourth-order valence-corrected chi connectivity index (χ4v) is 2.85. The highest BCUT2D eigenvalue weighted by atomic mass is 16.4. The maximum absolute atomic E-state index is 12.5. The maximum Gasteiger partial charge on any atom is 0.475 e. The zero-order chi connectivity index (χ0) is 20.8. The van der Waals surface area contributed by atoms with Crippen LogP contribution >= 0.6 is 0 Å². The molecule has 28 heavy (non-hydrogen) atoms. The third kappa shape index (κ3) is 5.75. The predicted molar refractivity (Wildman–Crippen MR) is 106 cm³/mol. The van der Waals surface area contributed by atoms with E-state index in [-0.39, 0.29) is 11.6 Å². The Morgan fingerprint density at radius 2 is 1.75 bits per heavy atom. The average Bonchev–Trinajstić information content (AvgIpc) is 2.64.